The number of rotatable bonds is 7. The molecule has 4 rings (SSSR count). The largest absolute Gasteiger partial charge is 0.496 e. The van der Waals surface area contributed by atoms with Gasteiger partial charge in [0.2, 0.25) is 0 Å². The van der Waals surface area contributed by atoms with Crippen LogP contribution in [0.5, 0.6) is 5.75 Å². The fourth-order valence-corrected chi connectivity index (χ4v) is 4.22. The summed E-state index contributed by atoms with van der Waals surface area (Å²) in [5.74, 6) is 1.14. The van der Waals surface area contributed by atoms with Crippen LogP contribution in [0.25, 0.3) is 11.1 Å². The Bertz CT molecular complexity index is 1350. The van der Waals surface area contributed by atoms with E-state index in [1.807, 2.05) is 35.8 Å². The van der Waals surface area contributed by atoms with E-state index in [1.165, 1.54) is 11.0 Å². The summed E-state index contributed by atoms with van der Waals surface area (Å²) in [6, 6.07) is 13.7. The van der Waals surface area contributed by atoms with Crippen LogP contribution in [0.2, 0.25) is 0 Å². The third-order valence-corrected chi connectivity index (χ3v) is 6.01. The number of nitrogens with zero attached hydrogens (tertiary/aromatic N) is 2. The van der Waals surface area contributed by atoms with Crippen LogP contribution in [0.4, 0.5) is 29.5 Å². The molecule has 1 aliphatic rings. The molecule has 38 heavy (non-hydrogen) atoms. The number of benzene rings is 2. The lowest BCUT2D eigenvalue weighted by molar-refractivity contribution is -0.125. The lowest BCUT2D eigenvalue weighted by Crippen LogP contribution is -2.45. The first kappa shape index (κ1) is 26.7. The minimum Gasteiger partial charge on any atom is -0.496 e. The number of anilines is 2. The molecule has 1 aliphatic heterocycles. The molecule has 9 nitrogen and oxygen atoms in total. The monoisotopic (exact) mass is 528 g/mol. The molecule has 0 saturated carbocycles. The Morgan fingerprint density at radius 2 is 1.87 bits per heavy atom. The van der Waals surface area contributed by atoms with Gasteiger partial charge in [0.15, 0.2) is 0 Å². The summed E-state index contributed by atoms with van der Waals surface area (Å²) >= 11 is 0. The summed E-state index contributed by atoms with van der Waals surface area (Å²) in [6.07, 6.45) is -2.80. The van der Waals surface area contributed by atoms with Crippen LogP contribution in [0.15, 0.2) is 54.7 Å². The van der Waals surface area contributed by atoms with Crippen LogP contribution >= 0.6 is 0 Å². The molecule has 3 amide bonds. The van der Waals surface area contributed by atoms with E-state index >= 15 is 0 Å². The molecule has 3 aromatic rings. The van der Waals surface area contributed by atoms with Crippen molar-refractivity contribution in [2.75, 3.05) is 44.9 Å². The number of para-hydroxylation sites is 1. The lowest BCUT2D eigenvalue weighted by Gasteiger charge is -2.18. The molecule has 4 N–H and O–H groups in total. The smallest absolute Gasteiger partial charge is 0.402 e. The van der Waals surface area contributed by atoms with Crippen LogP contribution in [0.3, 0.4) is 0 Å². The SMILES string of the molecule is COc1ccccc1C1CNc2ncc(-c3ccc(NC(=O)NNCC(F)(F)F)c(C(=O)N(C)C)c3)cc21. The Hall–Kier alpha value is -4.32. The van der Waals surface area contributed by atoms with Crippen LogP contribution in [0, 0.1) is 0 Å². The second-order valence-corrected chi connectivity index (χ2v) is 8.85. The molecule has 0 fully saturated rings. The number of hydrogen-bond acceptors (Lipinski definition) is 6. The Morgan fingerprint density at radius 3 is 2.58 bits per heavy atom. The Kier molecular flexibility index (Phi) is 7.72. The van der Waals surface area contributed by atoms with Gasteiger partial charge in [-0.05, 0) is 29.8 Å². The molecular formula is C26H27F3N6O3. The van der Waals surface area contributed by atoms with E-state index in [4.69, 9.17) is 4.74 Å². The number of halogens is 3. The highest BCUT2D eigenvalue weighted by atomic mass is 19.4. The summed E-state index contributed by atoms with van der Waals surface area (Å²) < 4.78 is 42.6. The number of hydrazine groups is 1. The second kappa shape index (κ2) is 11.0. The Morgan fingerprint density at radius 1 is 1.11 bits per heavy atom. The Balaban J connectivity index is 1.63. The number of hydrogen-bond donors (Lipinski definition) is 4. The first-order valence-corrected chi connectivity index (χ1v) is 11.7. The van der Waals surface area contributed by atoms with E-state index in [0.29, 0.717) is 12.1 Å². The zero-order valence-electron chi connectivity index (χ0n) is 20.9. The maximum atomic E-state index is 12.9. The highest BCUT2D eigenvalue weighted by Crippen LogP contribution is 2.40. The lowest BCUT2D eigenvalue weighted by atomic mass is 9.91. The number of urea groups is 1. The minimum absolute atomic E-state index is 0.00492. The molecule has 0 saturated heterocycles. The fourth-order valence-electron chi connectivity index (χ4n) is 4.22. The number of nitrogens with one attached hydrogen (secondary N) is 4. The van der Waals surface area contributed by atoms with Gasteiger partial charge >= 0.3 is 12.2 Å². The van der Waals surface area contributed by atoms with Gasteiger partial charge < -0.3 is 20.3 Å². The molecule has 0 radical (unpaired) electrons. The Labute approximate surface area is 217 Å². The van der Waals surface area contributed by atoms with Crippen molar-refractivity contribution in [3.8, 4) is 16.9 Å². The van der Waals surface area contributed by atoms with Gasteiger partial charge in [0.1, 0.15) is 18.1 Å². The van der Waals surface area contributed by atoms with Crippen molar-refractivity contribution in [1.82, 2.24) is 20.7 Å². The van der Waals surface area contributed by atoms with Crippen molar-refractivity contribution in [2.24, 2.45) is 0 Å². The highest BCUT2D eigenvalue weighted by molar-refractivity contribution is 6.04. The predicted octanol–water partition coefficient (Wildman–Crippen LogP) is 4.20. The van der Waals surface area contributed by atoms with Gasteiger partial charge in [-0.25, -0.2) is 15.2 Å². The van der Waals surface area contributed by atoms with Gasteiger partial charge in [-0.2, -0.15) is 13.2 Å². The van der Waals surface area contributed by atoms with E-state index in [2.05, 4.69) is 15.6 Å². The molecule has 0 bridgehead atoms. The second-order valence-electron chi connectivity index (χ2n) is 8.85. The molecule has 0 spiro atoms. The first-order chi connectivity index (χ1) is 18.1. The maximum Gasteiger partial charge on any atom is 0.402 e. The van der Waals surface area contributed by atoms with E-state index in [-0.39, 0.29) is 17.2 Å². The van der Waals surface area contributed by atoms with Gasteiger partial charge in [-0.1, -0.05) is 24.3 Å². The van der Waals surface area contributed by atoms with Crippen molar-refractivity contribution in [1.29, 1.82) is 0 Å². The standard InChI is InChI=1S/C26H27F3N6O3/c1-35(2)24(36)19-10-15(8-9-21(19)33-25(37)34-32-14-26(27,28)29)16-11-18-20(13-31-23(18)30-12-16)17-6-4-5-7-22(17)38-3/h4-12,20,32H,13-14H2,1-3H3,(H,30,31)(H2,33,34,37). The summed E-state index contributed by atoms with van der Waals surface area (Å²) in [4.78, 5) is 31.0. The summed E-state index contributed by atoms with van der Waals surface area (Å²) in [6.45, 7) is -0.754. The number of carbonyl (C=O) groups excluding carboxylic acids is 2. The average molecular weight is 529 g/mol. The van der Waals surface area contributed by atoms with E-state index in [0.717, 1.165) is 28.3 Å². The van der Waals surface area contributed by atoms with Crippen molar-refractivity contribution in [2.45, 2.75) is 12.1 Å². The number of fused-ring (bicyclic) bond motifs is 1. The zero-order valence-corrected chi connectivity index (χ0v) is 20.9. The quantitative estimate of drug-likeness (QED) is 0.343. The van der Waals surface area contributed by atoms with Crippen LogP contribution in [0.1, 0.15) is 27.4 Å². The highest BCUT2D eigenvalue weighted by Gasteiger charge is 2.28. The minimum atomic E-state index is -4.49. The number of aromatic nitrogens is 1. The number of pyridine rings is 1. The topological polar surface area (TPSA) is 108 Å². The normalized spacial score (nSPS) is 14.3. The molecule has 2 heterocycles. The van der Waals surface area contributed by atoms with Crippen molar-refractivity contribution in [3.63, 3.8) is 0 Å². The van der Waals surface area contributed by atoms with E-state index in [9.17, 15) is 22.8 Å². The molecule has 1 unspecified atom stereocenters. The van der Waals surface area contributed by atoms with Crippen molar-refractivity contribution in [3.05, 3.63) is 71.4 Å². The molecule has 12 heteroatoms. The predicted molar refractivity (Wildman–Crippen MR) is 137 cm³/mol. The fraction of sp³-hybridized carbons (Fsp3) is 0.269. The molecule has 1 atom stereocenters. The van der Waals surface area contributed by atoms with Gasteiger partial charge in [0, 0.05) is 49.4 Å². The van der Waals surface area contributed by atoms with Gasteiger partial charge in [0.05, 0.1) is 18.4 Å². The molecule has 1 aromatic heterocycles. The number of carbonyl (C=O) groups is 2. The van der Waals surface area contributed by atoms with Crippen molar-refractivity contribution < 1.29 is 27.5 Å². The van der Waals surface area contributed by atoms with Crippen LogP contribution in [-0.4, -0.2) is 62.3 Å². The third kappa shape index (κ3) is 5.97. The molecule has 2 aromatic carbocycles. The third-order valence-electron chi connectivity index (χ3n) is 6.01. The van der Waals surface area contributed by atoms with Crippen molar-refractivity contribution >= 4 is 23.4 Å². The summed E-state index contributed by atoms with van der Waals surface area (Å²) in [7, 11) is 4.75. The maximum absolute atomic E-state index is 12.9. The number of alkyl halides is 3. The molecular weight excluding hydrogens is 501 g/mol. The van der Waals surface area contributed by atoms with E-state index < -0.39 is 24.7 Å². The molecule has 200 valence electrons. The zero-order chi connectivity index (χ0) is 27.4. The van der Waals surface area contributed by atoms with Gasteiger partial charge in [-0.3, -0.25) is 10.2 Å². The number of amides is 3. The first-order valence-electron chi connectivity index (χ1n) is 11.7. The van der Waals surface area contributed by atoms with Crippen LogP contribution < -0.4 is 26.2 Å². The number of ether oxygens (including phenoxy) is 1. The van der Waals surface area contributed by atoms with E-state index in [1.54, 1.807) is 45.0 Å². The average Bonchev–Trinajstić information content (AvgIpc) is 3.30. The van der Waals surface area contributed by atoms with Gasteiger partial charge in [0.25, 0.3) is 5.91 Å². The number of methoxy groups -OCH3 is 1. The molecule has 0 aliphatic carbocycles. The summed E-state index contributed by atoms with van der Waals surface area (Å²) in [5.41, 5.74) is 7.45. The summed E-state index contributed by atoms with van der Waals surface area (Å²) in [5, 5.41) is 5.75. The van der Waals surface area contributed by atoms with Gasteiger partial charge in [-0.15, -0.1) is 0 Å². The van der Waals surface area contributed by atoms with Crippen LogP contribution in [-0.2, 0) is 0 Å².